The van der Waals surface area contributed by atoms with Crippen LogP contribution in [0, 0.1) is 0 Å². The van der Waals surface area contributed by atoms with Gasteiger partial charge in [0.05, 0.1) is 45.1 Å². The average Bonchev–Trinajstić information content (AvgIpc) is 2.86. The van der Waals surface area contributed by atoms with Crippen molar-refractivity contribution < 1.29 is 28.7 Å². The van der Waals surface area contributed by atoms with E-state index in [2.05, 4.69) is 49.2 Å². The lowest BCUT2D eigenvalue weighted by Gasteiger charge is -2.12. The standard InChI is InChI=1S/C20H27N7O6S/c1-32-14-5-12-13(6-15(14)33-2)26-11-27-20(12)22-4-3-21-16(28)7-23-17(29)8-24-18(30)9-25-19(31)10-34/h5-6,11,34H,3-4,7-10H2,1-2H3,(H,21,28)(H,23,29)(H,24,30)(H,25,31)(H,22,26,27). The Morgan fingerprint density at radius 3 is 1.94 bits per heavy atom. The normalized spacial score (nSPS) is 10.2. The van der Waals surface area contributed by atoms with Crippen molar-refractivity contribution in [2.24, 2.45) is 0 Å². The Kier molecular flexibility index (Phi) is 10.6. The molecule has 4 amide bonds. The molecule has 1 aromatic heterocycles. The molecule has 1 aromatic carbocycles. The number of fused-ring (bicyclic) bond motifs is 1. The zero-order valence-corrected chi connectivity index (χ0v) is 19.7. The summed E-state index contributed by atoms with van der Waals surface area (Å²) >= 11 is 3.76. The second kappa shape index (κ2) is 13.7. The number of amides is 4. The van der Waals surface area contributed by atoms with Gasteiger partial charge in [-0.05, 0) is 6.07 Å². The van der Waals surface area contributed by atoms with Crippen molar-refractivity contribution in [3.8, 4) is 11.5 Å². The third kappa shape index (κ3) is 8.27. The number of hydrogen-bond acceptors (Lipinski definition) is 10. The third-order valence-corrected chi connectivity index (χ3v) is 4.65. The van der Waals surface area contributed by atoms with Gasteiger partial charge < -0.3 is 36.1 Å². The Morgan fingerprint density at radius 1 is 0.794 bits per heavy atom. The van der Waals surface area contributed by atoms with Crippen molar-refractivity contribution in [3.63, 3.8) is 0 Å². The molecule has 0 radical (unpaired) electrons. The maximum absolute atomic E-state index is 11.9. The molecule has 14 heteroatoms. The summed E-state index contributed by atoms with van der Waals surface area (Å²) in [6.07, 6.45) is 1.41. The molecule has 0 atom stereocenters. The molecule has 0 spiro atoms. The molecule has 34 heavy (non-hydrogen) atoms. The first kappa shape index (κ1) is 26.4. The summed E-state index contributed by atoms with van der Waals surface area (Å²) < 4.78 is 10.6. The number of nitrogens with zero attached hydrogens (tertiary/aromatic N) is 2. The highest BCUT2D eigenvalue weighted by molar-refractivity contribution is 7.81. The minimum absolute atomic E-state index is 0.0436. The number of methoxy groups -OCH3 is 2. The summed E-state index contributed by atoms with van der Waals surface area (Å²) in [5, 5.41) is 13.5. The van der Waals surface area contributed by atoms with E-state index in [1.807, 2.05) is 0 Å². The first-order valence-corrected chi connectivity index (χ1v) is 10.8. The van der Waals surface area contributed by atoms with E-state index in [4.69, 9.17) is 9.47 Å². The largest absolute Gasteiger partial charge is 0.493 e. The molecule has 184 valence electrons. The van der Waals surface area contributed by atoms with Gasteiger partial charge in [-0.3, -0.25) is 19.2 Å². The monoisotopic (exact) mass is 493 g/mol. The van der Waals surface area contributed by atoms with Crippen LogP contribution in [0.3, 0.4) is 0 Å². The molecule has 2 aromatic rings. The second-order valence-corrected chi connectivity index (χ2v) is 7.03. The van der Waals surface area contributed by atoms with Crippen molar-refractivity contribution in [1.82, 2.24) is 31.2 Å². The molecule has 1 heterocycles. The molecule has 5 N–H and O–H groups in total. The number of aromatic nitrogens is 2. The van der Waals surface area contributed by atoms with Crippen LogP contribution in [0.4, 0.5) is 5.82 Å². The van der Waals surface area contributed by atoms with Gasteiger partial charge in [0.1, 0.15) is 12.1 Å². The Labute approximate surface area is 201 Å². The van der Waals surface area contributed by atoms with E-state index in [1.54, 1.807) is 12.1 Å². The molecule has 0 unspecified atom stereocenters. The van der Waals surface area contributed by atoms with Crippen molar-refractivity contribution >= 4 is 53.0 Å². The van der Waals surface area contributed by atoms with Crippen molar-refractivity contribution in [3.05, 3.63) is 18.5 Å². The van der Waals surface area contributed by atoms with Crippen LogP contribution < -0.4 is 36.1 Å². The molecule has 0 fully saturated rings. The van der Waals surface area contributed by atoms with Crippen LogP contribution in [0.25, 0.3) is 10.9 Å². The van der Waals surface area contributed by atoms with E-state index >= 15 is 0 Å². The lowest BCUT2D eigenvalue weighted by atomic mass is 10.2. The summed E-state index contributed by atoms with van der Waals surface area (Å²) in [4.78, 5) is 54.6. The summed E-state index contributed by atoms with van der Waals surface area (Å²) in [6, 6.07) is 3.50. The number of nitrogens with one attached hydrogen (secondary N) is 5. The summed E-state index contributed by atoms with van der Waals surface area (Å²) in [5.41, 5.74) is 0.665. The predicted octanol–water partition coefficient (Wildman–Crippen LogP) is -1.55. The van der Waals surface area contributed by atoms with Crippen molar-refractivity contribution in [1.29, 1.82) is 0 Å². The fourth-order valence-electron chi connectivity index (χ4n) is 2.69. The van der Waals surface area contributed by atoms with Gasteiger partial charge in [0.2, 0.25) is 23.6 Å². The number of carbonyl (C=O) groups is 4. The van der Waals surface area contributed by atoms with Gasteiger partial charge in [-0.15, -0.1) is 0 Å². The quantitative estimate of drug-likeness (QED) is 0.143. The van der Waals surface area contributed by atoms with Crippen LogP contribution in [0.15, 0.2) is 18.5 Å². The van der Waals surface area contributed by atoms with Gasteiger partial charge in [0.25, 0.3) is 0 Å². The number of anilines is 1. The van der Waals surface area contributed by atoms with Crippen molar-refractivity contribution in [2.75, 3.05) is 58.0 Å². The van der Waals surface area contributed by atoms with Crippen LogP contribution in [-0.2, 0) is 19.2 Å². The van der Waals surface area contributed by atoms with E-state index in [0.717, 1.165) is 5.39 Å². The van der Waals surface area contributed by atoms with E-state index in [1.165, 1.54) is 20.5 Å². The Balaban J connectivity index is 1.71. The number of hydrogen-bond donors (Lipinski definition) is 6. The highest BCUT2D eigenvalue weighted by Gasteiger charge is 2.11. The topological polar surface area (TPSA) is 173 Å². The molecule has 13 nitrogen and oxygen atoms in total. The highest BCUT2D eigenvalue weighted by Crippen LogP contribution is 2.33. The van der Waals surface area contributed by atoms with Gasteiger partial charge in [0.15, 0.2) is 11.5 Å². The van der Waals surface area contributed by atoms with E-state index in [9.17, 15) is 19.2 Å². The molecule has 0 aliphatic carbocycles. The lowest BCUT2D eigenvalue weighted by molar-refractivity contribution is -0.128. The molecule has 0 aliphatic heterocycles. The highest BCUT2D eigenvalue weighted by atomic mass is 32.1. The number of rotatable bonds is 13. The Hall–Kier alpha value is -3.81. The molecule has 0 aliphatic rings. The second-order valence-electron chi connectivity index (χ2n) is 6.71. The average molecular weight is 494 g/mol. The zero-order valence-electron chi connectivity index (χ0n) is 18.8. The van der Waals surface area contributed by atoms with Gasteiger partial charge in [0, 0.05) is 24.5 Å². The number of ether oxygens (including phenoxy) is 2. The molecule has 0 saturated carbocycles. The van der Waals surface area contributed by atoms with E-state index in [0.29, 0.717) is 29.4 Å². The third-order valence-electron chi connectivity index (χ3n) is 4.36. The van der Waals surface area contributed by atoms with Gasteiger partial charge >= 0.3 is 0 Å². The van der Waals surface area contributed by atoms with Crippen LogP contribution in [-0.4, -0.2) is 86.3 Å². The molecule has 0 bridgehead atoms. The van der Waals surface area contributed by atoms with Gasteiger partial charge in [-0.1, -0.05) is 0 Å². The van der Waals surface area contributed by atoms with Crippen LogP contribution in [0.5, 0.6) is 11.5 Å². The Morgan fingerprint density at radius 2 is 1.35 bits per heavy atom. The number of carbonyl (C=O) groups excluding carboxylic acids is 4. The molecular formula is C20H27N7O6S. The first-order chi connectivity index (χ1) is 16.4. The van der Waals surface area contributed by atoms with Gasteiger partial charge in [-0.2, -0.15) is 12.6 Å². The maximum Gasteiger partial charge on any atom is 0.239 e. The SMILES string of the molecule is COc1cc2ncnc(NCCNC(=O)CNC(=O)CNC(=O)CNC(=O)CS)c2cc1OC. The number of benzene rings is 1. The van der Waals surface area contributed by atoms with E-state index in [-0.39, 0.29) is 31.9 Å². The smallest absolute Gasteiger partial charge is 0.239 e. The summed E-state index contributed by atoms with van der Waals surface area (Å²) in [5.74, 6) is -0.270. The fraction of sp³-hybridized carbons (Fsp3) is 0.400. The summed E-state index contributed by atoms with van der Waals surface area (Å²) in [7, 11) is 3.07. The van der Waals surface area contributed by atoms with Crippen LogP contribution >= 0.6 is 12.6 Å². The maximum atomic E-state index is 11.9. The minimum Gasteiger partial charge on any atom is -0.493 e. The Bertz CT molecular complexity index is 1040. The number of thiol groups is 1. The molecular weight excluding hydrogens is 466 g/mol. The lowest BCUT2D eigenvalue weighted by Crippen LogP contribution is -2.44. The predicted molar refractivity (Wildman–Crippen MR) is 127 cm³/mol. The first-order valence-electron chi connectivity index (χ1n) is 10.2. The fourth-order valence-corrected chi connectivity index (χ4v) is 2.80. The zero-order chi connectivity index (χ0) is 24.9. The van der Waals surface area contributed by atoms with Crippen LogP contribution in [0.2, 0.25) is 0 Å². The van der Waals surface area contributed by atoms with Gasteiger partial charge in [-0.25, -0.2) is 9.97 Å². The molecule has 0 saturated heterocycles. The van der Waals surface area contributed by atoms with Crippen LogP contribution in [0.1, 0.15) is 0 Å². The van der Waals surface area contributed by atoms with E-state index < -0.39 is 23.6 Å². The molecule has 2 rings (SSSR count). The van der Waals surface area contributed by atoms with Crippen molar-refractivity contribution in [2.45, 2.75) is 0 Å². The summed E-state index contributed by atoms with van der Waals surface area (Å²) in [6.45, 7) is -0.191. The minimum atomic E-state index is -0.543.